The Morgan fingerprint density at radius 1 is 1.04 bits per heavy atom. The van der Waals surface area contributed by atoms with Crippen LogP contribution in [0, 0.1) is 16.2 Å². The zero-order valence-electron chi connectivity index (χ0n) is 18.4. The first-order valence-electron chi connectivity index (χ1n) is 9.48. The van der Waals surface area contributed by atoms with Crippen molar-refractivity contribution in [3.05, 3.63) is 23.2 Å². The number of hydrogen-bond donors (Lipinski definition) is 0. The molecule has 0 aliphatic heterocycles. The summed E-state index contributed by atoms with van der Waals surface area (Å²) in [5.41, 5.74) is 0.764. The maximum atomic E-state index is 6.44. The molecule has 25 heavy (non-hydrogen) atoms. The van der Waals surface area contributed by atoms with Crippen molar-refractivity contribution < 1.29 is 13.3 Å². The van der Waals surface area contributed by atoms with Crippen LogP contribution in [-0.4, -0.2) is 46.6 Å². The lowest BCUT2D eigenvalue weighted by Crippen LogP contribution is -2.64. The van der Waals surface area contributed by atoms with E-state index in [1.54, 1.807) is 0 Å². The van der Waals surface area contributed by atoms with Gasteiger partial charge in [0.25, 0.3) is 0 Å². The van der Waals surface area contributed by atoms with Crippen molar-refractivity contribution in [2.75, 3.05) is 0 Å². The van der Waals surface area contributed by atoms with Crippen LogP contribution >= 0.6 is 0 Å². The third kappa shape index (κ3) is 3.31. The summed E-state index contributed by atoms with van der Waals surface area (Å²) in [6.45, 7) is 18.6. The van der Waals surface area contributed by atoms with E-state index in [2.05, 4.69) is 61.1 Å². The van der Waals surface area contributed by atoms with E-state index in [1.165, 1.54) is 11.6 Å². The van der Waals surface area contributed by atoms with E-state index in [1.807, 2.05) is 0 Å². The van der Waals surface area contributed by atoms with Crippen LogP contribution in [0.1, 0.15) is 54.9 Å². The van der Waals surface area contributed by atoms with Gasteiger partial charge < -0.3 is 13.3 Å². The predicted molar refractivity (Wildman–Crippen MR) is 122 cm³/mol. The van der Waals surface area contributed by atoms with Gasteiger partial charge in [0.15, 0.2) is 0 Å². The number of hydrogen-bond acceptors (Lipinski definition) is 3. The molecule has 0 bridgehead atoms. The monoisotopic (exact) mass is 416 g/mol. The molecule has 3 nitrogen and oxygen atoms in total. The highest BCUT2D eigenvalue weighted by atomic mass is 28.2. The highest BCUT2D eigenvalue weighted by molar-refractivity contribution is 6.33. The summed E-state index contributed by atoms with van der Waals surface area (Å²) in [7, 11) is 2.07. The molecule has 0 amide bonds. The molecule has 0 aromatic heterocycles. The molecule has 1 aliphatic rings. The summed E-state index contributed by atoms with van der Waals surface area (Å²) < 4.78 is 18.6. The molecule has 0 fully saturated rings. The van der Waals surface area contributed by atoms with Crippen LogP contribution in [0.5, 0.6) is 0 Å². The Morgan fingerprint density at radius 3 is 2.00 bits per heavy atom. The van der Waals surface area contributed by atoms with Crippen molar-refractivity contribution in [1.29, 1.82) is 0 Å². The van der Waals surface area contributed by atoms with Gasteiger partial charge in [-0.2, -0.15) is 0 Å². The molecule has 0 saturated carbocycles. The molecule has 1 aliphatic carbocycles. The molecule has 0 spiro atoms. The molecule has 0 aromatic rings. The third-order valence-corrected chi connectivity index (χ3v) is 10.4. The van der Waals surface area contributed by atoms with Crippen LogP contribution in [0.2, 0.25) is 12.6 Å². The van der Waals surface area contributed by atoms with Gasteiger partial charge in [-0.25, -0.2) is 0 Å². The number of rotatable bonds is 7. The minimum Gasteiger partial charge on any atom is -0.554 e. The van der Waals surface area contributed by atoms with Gasteiger partial charge in [-0.1, -0.05) is 51.9 Å². The Hall–Kier alpha value is -0.0925. The molecule has 2 atom stereocenters. The summed E-state index contributed by atoms with van der Waals surface area (Å²) in [5.74, 6) is 2.10. The van der Waals surface area contributed by atoms with Crippen molar-refractivity contribution in [1.82, 2.24) is 0 Å². The van der Waals surface area contributed by atoms with Gasteiger partial charge in [0.1, 0.15) is 22.0 Å². The molecule has 2 unspecified atom stereocenters. The van der Waals surface area contributed by atoms with E-state index in [0.717, 1.165) is 17.9 Å². The highest BCUT2D eigenvalue weighted by Crippen LogP contribution is 2.64. The number of allylic oxidation sites excluding steroid dienone is 2. The van der Waals surface area contributed by atoms with Crippen LogP contribution in [0.3, 0.4) is 0 Å². The van der Waals surface area contributed by atoms with Gasteiger partial charge in [0, 0.05) is 21.4 Å². The van der Waals surface area contributed by atoms with Crippen molar-refractivity contribution in [2.45, 2.75) is 73.1 Å². The summed E-state index contributed by atoms with van der Waals surface area (Å²) in [6, 6.07) is 1.26. The second-order valence-corrected chi connectivity index (χ2v) is 11.7. The molecule has 0 heterocycles. The zero-order chi connectivity index (χ0) is 19.7. The second-order valence-electron chi connectivity index (χ2n) is 8.78. The molecular formula is C18H40O3Si4. The maximum Gasteiger partial charge on any atom is 0.203 e. The Bertz CT molecular complexity index is 557. The van der Waals surface area contributed by atoms with Crippen molar-refractivity contribution in [3.63, 3.8) is 0 Å². The maximum absolute atomic E-state index is 6.44. The quantitative estimate of drug-likeness (QED) is 0.350. The molecule has 0 aromatic carbocycles. The average molecular weight is 417 g/mol. The standard InChI is InChI=1S/C18H40O3Si4/c1-12-11-17(6,14(20-23)13(19-22)9-10-25-8)18(7,21-24)16(4,5)15(12,2)3/h11H,9-10,25H2,1-8,22-24H3. The SMILES string of the molecule is C[SiH2]CCC(O[SiH3])=C(O[SiH3])C1(C)C=C(C)C(C)(C)C(C)(C)C1(C)O[SiH3]. The summed E-state index contributed by atoms with van der Waals surface area (Å²) in [6.07, 6.45) is 3.42. The highest BCUT2D eigenvalue weighted by Gasteiger charge is 2.64. The van der Waals surface area contributed by atoms with E-state index in [4.69, 9.17) is 13.3 Å². The molecule has 0 saturated heterocycles. The largest absolute Gasteiger partial charge is 0.554 e. The van der Waals surface area contributed by atoms with Crippen LogP contribution in [0.15, 0.2) is 23.2 Å². The molecule has 7 heteroatoms. The van der Waals surface area contributed by atoms with E-state index in [0.29, 0.717) is 31.5 Å². The minimum absolute atomic E-state index is 0.00817. The first kappa shape index (κ1) is 22.9. The molecule has 1 rings (SSSR count). The minimum atomic E-state index is -0.343. The van der Waals surface area contributed by atoms with Crippen LogP contribution in [-0.2, 0) is 13.3 Å². The first-order valence-corrected chi connectivity index (χ1v) is 14.3. The van der Waals surface area contributed by atoms with Gasteiger partial charge in [-0.05, 0) is 26.2 Å². The van der Waals surface area contributed by atoms with Gasteiger partial charge in [0.05, 0.1) is 11.0 Å². The van der Waals surface area contributed by atoms with E-state index >= 15 is 0 Å². The Labute approximate surface area is 166 Å². The fourth-order valence-corrected chi connectivity index (χ4v) is 7.15. The van der Waals surface area contributed by atoms with Crippen LogP contribution in [0.4, 0.5) is 0 Å². The zero-order valence-corrected chi connectivity index (χ0v) is 25.8. The van der Waals surface area contributed by atoms with Gasteiger partial charge >= 0.3 is 0 Å². The topological polar surface area (TPSA) is 27.7 Å². The van der Waals surface area contributed by atoms with Crippen LogP contribution in [0.25, 0.3) is 0 Å². The smallest absolute Gasteiger partial charge is 0.203 e. The van der Waals surface area contributed by atoms with Crippen molar-refractivity contribution in [2.24, 2.45) is 16.2 Å². The summed E-state index contributed by atoms with van der Waals surface area (Å²) in [4.78, 5) is 0. The first-order chi connectivity index (χ1) is 11.4. The Balaban J connectivity index is 3.78. The van der Waals surface area contributed by atoms with Crippen molar-refractivity contribution in [3.8, 4) is 0 Å². The molecule has 0 radical (unpaired) electrons. The molecular weight excluding hydrogens is 377 g/mol. The lowest BCUT2D eigenvalue weighted by Gasteiger charge is -2.63. The van der Waals surface area contributed by atoms with Gasteiger partial charge in [-0.15, -0.1) is 0 Å². The second kappa shape index (κ2) is 7.88. The molecule has 146 valence electrons. The van der Waals surface area contributed by atoms with E-state index < -0.39 is 0 Å². The van der Waals surface area contributed by atoms with Gasteiger partial charge in [0.2, 0.25) is 21.0 Å². The summed E-state index contributed by atoms with van der Waals surface area (Å²) in [5, 5.41) is 0. The third-order valence-electron chi connectivity index (χ3n) is 7.58. The van der Waals surface area contributed by atoms with Crippen molar-refractivity contribution >= 4 is 41.0 Å². The normalized spacial score (nSPS) is 32.7. The lowest BCUT2D eigenvalue weighted by molar-refractivity contribution is -0.148. The fourth-order valence-electron chi connectivity index (χ4n) is 4.50. The van der Waals surface area contributed by atoms with Crippen LogP contribution < -0.4 is 0 Å². The predicted octanol–water partition coefficient (Wildman–Crippen LogP) is 0.892. The fraction of sp³-hybridized carbons (Fsp3) is 0.778. The lowest BCUT2D eigenvalue weighted by atomic mass is 9.46. The Kier molecular flexibility index (Phi) is 7.23. The van der Waals surface area contributed by atoms with E-state index in [-0.39, 0.29) is 31.4 Å². The average Bonchev–Trinajstić information content (AvgIpc) is 2.55. The van der Waals surface area contributed by atoms with E-state index in [9.17, 15) is 0 Å². The summed E-state index contributed by atoms with van der Waals surface area (Å²) >= 11 is 0. The Morgan fingerprint density at radius 2 is 1.60 bits per heavy atom. The van der Waals surface area contributed by atoms with Gasteiger partial charge in [-0.3, -0.25) is 0 Å². The molecule has 0 N–H and O–H groups in total.